The van der Waals surface area contributed by atoms with E-state index in [9.17, 15) is 10.1 Å². The van der Waals surface area contributed by atoms with Crippen molar-refractivity contribution >= 4 is 29.2 Å². The highest BCUT2D eigenvalue weighted by atomic mass is 35.5. The van der Waals surface area contributed by atoms with Gasteiger partial charge in [0, 0.05) is 5.02 Å². The number of nitrogens with zero attached hydrogens (tertiary/aromatic N) is 1. The van der Waals surface area contributed by atoms with Crippen LogP contribution in [-0.2, 0) is 0 Å². The Bertz CT molecular complexity index is 1220. The number of halogens is 1. The number of hydrogen-bond acceptors (Lipinski definition) is 6. The van der Waals surface area contributed by atoms with Gasteiger partial charge in [-0.05, 0) is 74.4 Å². The zero-order valence-electron chi connectivity index (χ0n) is 19.8. The summed E-state index contributed by atoms with van der Waals surface area (Å²) < 4.78 is 22.7. The molecule has 0 saturated heterocycles. The number of nitriles is 1. The van der Waals surface area contributed by atoms with Gasteiger partial charge in [-0.15, -0.1) is 0 Å². The predicted octanol–water partition coefficient (Wildman–Crippen LogP) is 6.82. The second kappa shape index (κ2) is 12.5. The Kier molecular flexibility index (Phi) is 9.16. The molecule has 0 atom stereocenters. The van der Waals surface area contributed by atoms with Crippen LogP contribution >= 0.6 is 11.6 Å². The van der Waals surface area contributed by atoms with E-state index < -0.39 is 5.97 Å². The van der Waals surface area contributed by atoms with E-state index in [0.717, 1.165) is 5.56 Å². The third-order valence-corrected chi connectivity index (χ3v) is 5.05. The van der Waals surface area contributed by atoms with Crippen molar-refractivity contribution in [3.8, 4) is 29.1 Å². The van der Waals surface area contributed by atoms with Gasteiger partial charge in [-0.25, -0.2) is 4.79 Å². The summed E-state index contributed by atoms with van der Waals surface area (Å²) in [6.07, 6.45) is 1.72. The Morgan fingerprint density at radius 3 is 2.09 bits per heavy atom. The van der Waals surface area contributed by atoms with Crippen LogP contribution in [0, 0.1) is 11.3 Å². The molecule has 3 aromatic rings. The van der Waals surface area contributed by atoms with Crippen molar-refractivity contribution in [3.05, 3.63) is 82.4 Å². The number of allylic oxidation sites excluding steroid dienone is 1. The van der Waals surface area contributed by atoms with Gasteiger partial charge in [0.1, 0.15) is 5.75 Å². The molecule has 7 heteroatoms. The summed E-state index contributed by atoms with van der Waals surface area (Å²) in [4.78, 5) is 13.0. The van der Waals surface area contributed by atoms with Gasteiger partial charge >= 0.3 is 5.97 Å². The minimum absolute atomic E-state index is 0.264. The number of ether oxygens (including phenoxy) is 4. The molecule has 0 heterocycles. The van der Waals surface area contributed by atoms with Gasteiger partial charge in [0.15, 0.2) is 11.5 Å². The van der Waals surface area contributed by atoms with Gasteiger partial charge in [-0.2, -0.15) is 5.26 Å². The molecule has 0 aliphatic carbocycles. The molecule has 3 aromatic carbocycles. The summed E-state index contributed by atoms with van der Waals surface area (Å²) in [5, 5.41) is 10.2. The molecule has 0 spiro atoms. The average Bonchev–Trinajstić information content (AvgIpc) is 2.85. The molecule has 0 aliphatic rings. The van der Waals surface area contributed by atoms with E-state index in [1.807, 2.05) is 26.8 Å². The Balaban J connectivity index is 1.88. The van der Waals surface area contributed by atoms with Gasteiger partial charge in [0.25, 0.3) is 0 Å². The highest BCUT2D eigenvalue weighted by Gasteiger charge is 2.19. The molecule has 0 bridgehead atoms. The van der Waals surface area contributed by atoms with Crippen molar-refractivity contribution < 1.29 is 23.7 Å². The first-order valence-electron chi connectivity index (χ1n) is 11.2. The number of hydrogen-bond donors (Lipinski definition) is 0. The maximum atomic E-state index is 13.0. The molecule has 0 aromatic heterocycles. The van der Waals surface area contributed by atoms with Crippen LogP contribution in [0.3, 0.4) is 0 Å². The maximum absolute atomic E-state index is 13.0. The second-order valence-electron chi connectivity index (χ2n) is 7.24. The Hall–Kier alpha value is -3.95. The number of esters is 1. The van der Waals surface area contributed by atoms with Crippen molar-refractivity contribution in [2.75, 3.05) is 19.8 Å². The van der Waals surface area contributed by atoms with E-state index in [2.05, 4.69) is 6.07 Å². The number of carbonyl (C=O) groups excluding carboxylic acids is 1. The maximum Gasteiger partial charge on any atom is 0.343 e. The Morgan fingerprint density at radius 2 is 1.51 bits per heavy atom. The molecule has 35 heavy (non-hydrogen) atoms. The number of rotatable bonds is 10. The van der Waals surface area contributed by atoms with Crippen molar-refractivity contribution in [3.63, 3.8) is 0 Å². The third-order valence-electron chi connectivity index (χ3n) is 4.80. The number of carbonyl (C=O) groups is 1. The predicted molar refractivity (Wildman–Crippen MR) is 136 cm³/mol. The van der Waals surface area contributed by atoms with E-state index in [4.69, 9.17) is 30.5 Å². The fourth-order valence-corrected chi connectivity index (χ4v) is 3.44. The van der Waals surface area contributed by atoms with E-state index in [-0.39, 0.29) is 5.56 Å². The molecule has 0 fully saturated rings. The van der Waals surface area contributed by atoms with E-state index in [1.165, 1.54) is 0 Å². The average molecular weight is 492 g/mol. The van der Waals surface area contributed by atoms with Crippen LogP contribution in [0.5, 0.6) is 23.0 Å². The van der Waals surface area contributed by atoms with Crippen LogP contribution in [0.4, 0.5) is 0 Å². The molecule has 0 N–H and O–H groups in total. The second-order valence-corrected chi connectivity index (χ2v) is 7.68. The fourth-order valence-electron chi connectivity index (χ4n) is 3.32. The van der Waals surface area contributed by atoms with Crippen LogP contribution < -0.4 is 18.9 Å². The van der Waals surface area contributed by atoms with Crippen LogP contribution in [0.15, 0.2) is 60.7 Å². The molecular weight excluding hydrogens is 466 g/mol. The first-order valence-corrected chi connectivity index (χ1v) is 11.6. The molecule has 0 radical (unpaired) electrons. The van der Waals surface area contributed by atoms with E-state index >= 15 is 0 Å². The standard InChI is InChI=1S/C28H26ClNO5/c1-4-32-25-16-21(17-26(33-5-2)27(25)34-6-3)28(31)35-24-9-7-8-19(15-24)14-22(18-30)20-10-12-23(29)13-11-20/h7-17H,4-6H2,1-3H3/b22-14-. The summed E-state index contributed by atoms with van der Waals surface area (Å²) >= 11 is 5.94. The summed E-state index contributed by atoms with van der Waals surface area (Å²) in [6, 6.07) is 19.3. The molecule has 6 nitrogen and oxygen atoms in total. The molecule has 3 rings (SSSR count). The molecule has 0 saturated carbocycles. The first-order chi connectivity index (χ1) is 17.0. The van der Waals surface area contributed by atoms with Gasteiger partial charge in [-0.1, -0.05) is 35.9 Å². The quantitative estimate of drug-likeness (QED) is 0.134. The zero-order chi connectivity index (χ0) is 25.2. The largest absolute Gasteiger partial charge is 0.490 e. The smallest absolute Gasteiger partial charge is 0.343 e. The van der Waals surface area contributed by atoms with Gasteiger partial charge in [-0.3, -0.25) is 0 Å². The van der Waals surface area contributed by atoms with Crippen LogP contribution in [0.25, 0.3) is 11.6 Å². The van der Waals surface area contributed by atoms with Gasteiger partial charge in [0.2, 0.25) is 5.75 Å². The van der Waals surface area contributed by atoms with Crippen LogP contribution in [-0.4, -0.2) is 25.8 Å². The van der Waals surface area contributed by atoms with Crippen molar-refractivity contribution in [2.45, 2.75) is 20.8 Å². The lowest BCUT2D eigenvalue weighted by Crippen LogP contribution is -2.11. The lowest BCUT2D eigenvalue weighted by atomic mass is 10.0. The molecular formula is C28H26ClNO5. The van der Waals surface area contributed by atoms with Gasteiger partial charge < -0.3 is 18.9 Å². The topological polar surface area (TPSA) is 77.8 Å². The monoisotopic (exact) mass is 491 g/mol. The zero-order valence-corrected chi connectivity index (χ0v) is 20.6. The minimum atomic E-state index is -0.575. The van der Waals surface area contributed by atoms with E-state index in [1.54, 1.807) is 60.7 Å². The summed E-state index contributed by atoms with van der Waals surface area (Å²) in [5.74, 6) is 1.03. The van der Waals surface area contributed by atoms with Gasteiger partial charge in [0.05, 0.1) is 37.0 Å². The summed E-state index contributed by atoms with van der Waals surface area (Å²) in [7, 11) is 0. The van der Waals surface area contributed by atoms with Crippen LogP contribution in [0.2, 0.25) is 5.02 Å². The van der Waals surface area contributed by atoms with Crippen molar-refractivity contribution in [1.82, 2.24) is 0 Å². The summed E-state index contributed by atoms with van der Waals surface area (Å²) in [5.41, 5.74) is 2.17. The molecule has 0 unspecified atom stereocenters. The first kappa shape index (κ1) is 25.7. The third kappa shape index (κ3) is 6.78. The lowest BCUT2D eigenvalue weighted by molar-refractivity contribution is 0.0733. The normalized spacial score (nSPS) is 10.9. The summed E-state index contributed by atoms with van der Waals surface area (Å²) in [6.45, 7) is 6.77. The Labute approximate surface area is 210 Å². The van der Waals surface area contributed by atoms with E-state index in [0.29, 0.717) is 59.0 Å². The van der Waals surface area contributed by atoms with Crippen molar-refractivity contribution in [2.24, 2.45) is 0 Å². The lowest BCUT2D eigenvalue weighted by Gasteiger charge is -2.16. The molecule has 180 valence electrons. The van der Waals surface area contributed by atoms with Crippen LogP contribution in [0.1, 0.15) is 42.3 Å². The van der Waals surface area contributed by atoms with Crippen molar-refractivity contribution in [1.29, 1.82) is 5.26 Å². The molecule has 0 amide bonds. The fraction of sp³-hybridized carbons (Fsp3) is 0.214. The highest BCUT2D eigenvalue weighted by molar-refractivity contribution is 6.30. The highest BCUT2D eigenvalue weighted by Crippen LogP contribution is 2.39. The SMILES string of the molecule is CCOc1cc(C(=O)Oc2cccc(/C=C(/C#N)c3ccc(Cl)cc3)c2)cc(OCC)c1OCC. The minimum Gasteiger partial charge on any atom is -0.490 e. The number of benzene rings is 3. The Morgan fingerprint density at radius 1 is 0.886 bits per heavy atom. The molecule has 0 aliphatic heterocycles.